The molecule has 0 fully saturated rings. The number of fused-ring (bicyclic) bond motifs is 1. The number of amides is 1. The van der Waals surface area contributed by atoms with Gasteiger partial charge >= 0.3 is 0 Å². The SMILES string of the molecule is CCC(C)Oc1cc2c(cc1OC)CC(=O)N(c1ccc(N(C)Cc3ccncc3F)cc1)C2c1ccc(Cl)cc1. The van der Waals surface area contributed by atoms with Crippen LogP contribution in [0.2, 0.25) is 5.02 Å². The minimum atomic E-state index is -0.400. The van der Waals surface area contributed by atoms with Crippen LogP contribution < -0.4 is 19.3 Å². The molecule has 1 amide bonds. The number of carbonyl (C=O) groups is 1. The van der Waals surface area contributed by atoms with Crippen LogP contribution in [-0.2, 0) is 17.8 Å². The summed E-state index contributed by atoms with van der Waals surface area (Å²) in [7, 11) is 3.51. The molecule has 0 saturated heterocycles. The molecule has 5 rings (SSSR count). The molecule has 2 unspecified atom stereocenters. The van der Waals surface area contributed by atoms with E-state index >= 15 is 0 Å². The lowest BCUT2D eigenvalue weighted by molar-refractivity contribution is -0.118. The Bertz CT molecular complexity index is 1530. The van der Waals surface area contributed by atoms with Gasteiger partial charge < -0.3 is 19.3 Å². The molecule has 4 aromatic rings. The predicted molar refractivity (Wildman–Crippen MR) is 161 cm³/mol. The van der Waals surface area contributed by atoms with Crippen molar-refractivity contribution in [3.05, 3.63) is 112 Å². The second-order valence-electron chi connectivity index (χ2n) is 10.3. The highest BCUT2D eigenvalue weighted by Gasteiger charge is 2.36. The van der Waals surface area contributed by atoms with Crippen molar-refractivity contribution in [2.45, 2.75) is 45.4 Å². The van der Waals surface area contributed by atoms with E-state index in [1.807, 2.05) is 84.4 Å². The Kier molecular flexibility index (Phi) is 8.45. The molecule has 2 heterocycles. The smallest absolute Gasteiger partial charge is 0.232 e. The first-order valence-corrected chi connectivity index (χ1v) is 14.0. The van der Waals surface area contributed by atoms with Crippen LogP contribution in [0.5, 0.6) is 11.5 Å². The first-order chi connectivity index (χ1) is 19.8. The number of pyridine rings is 1. The Morgan fingerprint density at radius 1 is 1.10 bits per heavy atom. The maximum atomic E-state index is 14.2. The van der Waals surface area contributed by atoms with Gasteiger partial charge in [-0.1, -0.05) is 30.7 Å². The van der Waals surface area contributed by atoms with Gasteiger partial charge in [0, 0.05) is 41.8 Å². The number of anilines is 2. The van der Waals surface area contributed by atoms with Crippen LogP contribution in [0.4, 0.5) is 15.8 Å². The minimum absolute atomic E-state index is 0.00224. The van der Waals surface area contributed by atoms with Crippen molar-refractivity contribution >= 4 is 28.9 Å². The van der Waals surface area contributed by atoms with Crippen LogP contribution in [0.1, 0.15) is 48.6 Å². The Morgan fingerprint density at radius 2 is 1.83 bits per heavy atom. The molecule has 0 saturated carbocycles. The Hall–Kier alpha value is -4.10. The van der Waals surface area contributed by atoms with Crippen molar-refractivity contribution < 1.29 is 18.7 Å². The molecule has 0 spiro atoms. The van der Waals surface area contributed by atoms with Crippen LogP contribution in [0, 0.1) is 5.82 Å². The second kappa shape index (κ2) is 12.2. The van der Waals surface area contributed by atoms with Gasteiger partial charge in [-0.05, 0) is 84.6 Å². The fourth-order valence-electron chi connectivity index (χ4n) is 5.12. The lowest BCUT2D eigenvalue weighted by Gasteiger charge is -2.38. The topological polar surface area (TPSA) is 54.9 Å². The van der Waals surface area contributed by atoms with Crippen molar-refractivity contribution in [3.63, 3.8) is 0 Å². The number of ether oxygens (including phenoxy) is 2. The molecule has 8 heteroatoms. The summed E-state index contributed by atoms with van der Waals surface area (Å²) in [6.45, 7) is 4.48. The molecule has 0 bridgehead atoms. The van der Waals surface area contributed by atoms with E-state index < -0.39 is 6.04 Å². The molecule has 212 valence electrons. The fourth-order valence-corrected chi connectivity index (χ4v) is 5.25. The first-order valence-electron chi connectivity index (χ1n) is 13.6. The number of carbonyl (C=O) groups excluding carboxylic acids is 1. The van der Waals surface area contributed by atoms with E-state index in [0.29, 0.717) is 28.6 Å². The molecule has 0 radical (unpaired) electrons. The van der Waals surface area contributed by atoms with Gasteiger partial charge in [0.2, 0.25) is 5.91 Å². The Balaban J connectivity index is 1.54. The van der Waals surface area contributed by atoms with Gasteiger partial charge in [0.15, 0.2) is 11.5 Å². The van der Waals surface area contributed by atoms with Crippen molar-refractivity contribution in [1.82, 2.24) is 4.98 Å². The number of methoxy groups -OCH3 is 1. The van der Waals surface area contributed by atoms with Gasteiger partial charge in [-0.3, -0.25) is 9.78 Å². The highest BCUT2D eigenvalue weighted by molar-refractivity contribution is 6.30. The van der Waals surface area contributed by atoms with Crippen LogP contribution in [-0.4, -0.2) is 31.2 Å². The third-order valence-corrected chi connectivity index (χ3v) is 7.76. The molecular formula is C33H33ClFN3O3. The number of nitrogens with zero attached hydrogens (tertiary/aromatic N) is 3. The summed E-state index contributed by atoms with van der Waals surface area (Å²) in [5, 5.41) is 0.621. The van der Waals surface area contributed by atoms with E-state index in [2.05, 4.69) is 11.9 Å². The highest BCUT2D eigenvalue weighted by atomic mass is 35.5. The number of rotatable bonds is 9. The van der Waals surface area contributed by atoms with E-state index in [-0.39, 0.29) is 24.2 Å². The van der Waals surface area contributed by atoms with Gasteiger partial charge in [0.05, 0.1) is 31.9 Å². The van der Waals surface area contributed by atoms with Crippen LogP contribution >= 0.6 is 11.6 Å². The van der Waals surface area contributed by atoms with Crippen LogP contribution in [0.15, 0.2) is 79.1 Å². The molecule has 41 heavy (non-hydrogen) atoms. The minimum Gasteiger partial charge on any atom is -0.493 e. The van der Waals surface area contributed by atoms with Crippen LogP contribution in [0.25, 0.3) is 0 Å². The zero-order valence-corrected chi connectivity index (χ0v) is 24.4. The molecule has 1 aliphatic heterocycles. The van der Waals surface area contributed by atoms with Gasteiger partial charge in [-0.15, -0.1) is 0 Å². The maximum Gasteiger partial charge on any atom is 0.232 e. The summed E-state index contributed by atoms with van der Waals surface area (Å²) in [6.07, 6.45) is 3.88. The van der Waals surface area contributed by atoms with Crippen molar-refractivity contribution in [2.24, 2.45) is 0 Å². The molecule has 6 nitrogen and oxygen atoms in total. The van der Waals surface area contributed by atoms with E-state index in [0.717, 1.165) is 34.5 Å². The predicted octanol–water partition coefficient (Wildman–Crippen LogP) is 7.38. The normalized spacial score (nSPS) is 15.3. The molecule has 0 aliphatic carbocycles. The molecular weight excluding hydrogens is 541 g/mol. The Labute approximate surface area is 245 Å². The molecule has 1 aliphatic rings. The summed E-state index contributed by atoms with van der Waals surface area (Å²) in [4.78, 5) is 21.4. The quantitative estimate of drug-likeness (QED) is 0.209. The van der Waals surface area contributed by atoms with Gasteiger partial charge in [0.1, 0.15) is 5.82 Å². The lowest BCUT2D eigenvalue weighted by atomic mass is 9.86. The summed E-state index contributed by atoms with van der Waals surface area (Å²) < 4.78 is 26.1. The average molecular weight is 574 g/mol. The zero-order valence-electron chi connectivity index (χ0n) is 23.6. The van der Waals surface area contributed by atoms with E-state index in [4.69, 9.17) is 21.1 Å². The number of hydrogen-bond acceptors (Lipinski definition) is 5. The maximum absolute atomic E-state index is 14.2. The average Bonchev–Trinajstić information content (AvgIpc) is 2.98. The highest BCUT2D eigenvalue weighted by Crippen LogP contribution is 2.44. The second-order valence-corrected chi connectivity index (χ2v) is 10.7. The van der Waals surface area contributed by atoms with Gasteiger partial charge in [-0.25, -0.2) is 4.39 Å². The molecule has 3 aromatic carbocycles. The lowest BCUT2D eigenvalue weighted by Crippen LogP contribution is -2.41. The number of benzene rings is 3. The van der Waals surface area contributed by atoms with Crippen molar-refractivity contribution in [3.8, 4) is 11.5 Å². The largest absolute Gasteiger partial charge is 0.493 e. The van der Waals surface area contributed by atoms with E-state index in [1.54, 1.807) is 19.4 Å². The number of hydrogen-bond donors (Lipinski definition) is 0. The summed E-state index contributed by atoms with van der Waals surface area (Å²) >= 11 is 6.24. The first kappa shape index (κ1) is 28.4. The third kappa shape index (κ3) is 6.00. The van der Waals surface area contributed by atoms with Crippen molar-refractivity contribution in [2.75, 3.05) is 24.0 Å². The molecule has 1 aromatic heterocycles. The van der Waals surface area contributed by atoms with Crippen molar-refractivity contribution in [1.29, 1.82) is 0 Å². The summed E-state index contributed by atoms with van der Waals surface area (Å²) in [6, 6.07) is 20.5. The standard InChI is InChI=1S/C33H33ClFN3O3/c1-5-21(2)41-31-18-28-24(16-30(31)40-4)17-32(39)38(33(28)22-6-8-25(34)9-7-22)27-12-10-26(11-13-27)37(3)20-23-14-15-36-19-29(23)35/h6-16,18-19,21,33H,5,17,20H2,1-4H3. The van der Waals surface area contributed by atoms with E-state index in [9.17, 15) is 9.18 Å². The zero-order chi connectivity index (χ0) is 29.1. The van der Waals surface area contributed by atoms with Crippen LogP contribution in [0.3, 0.4) is 0 Å². The molecule has 2 atom stereocenters. The van der Waals surface area contributed by atoms with E-state index in [1.165, 1.54) is 6.20 Å². The number of aromatic nitrogens is 1. The summed E-state index contributed by atoms with van der Waals surface area (Å²) in [5.41, 5.74) is 5.01. The molecule has 0 N–H and O–H groups in total. The third-order valence-electron chi connectivity index (χ3n) is 7.51. The van der Waals surface area contributed by atoms with Gasteiger partial charge in [-0.2, -0.15) is 0 Å². The monoisotopic (exact) mass is 573 g/mol. The Morgan fingerprint density at radius 3 is 2.49 bits per heavy atom. The number of halogens is 2. The van der Waals surface area contributed by atoms with Gasteiger partial charge in [0.25, 0.3) is 0 Å². The fraction of sp³-hybridized carbons (Fsp3) is 0.273. The summed E-state index contributed by atoms with van der Waals surface area (Å²) in [5.74, 6) is 0.884.